The lowest BCUT2D eigenvalue weighted by molar-refractivity contribution is 0.647. The predicted molar refractivity (Wildman–Crippen MR) is 237 cm³/mol. The van der Waals surface area contributed by atoms with Gasteiger partial charge >= 0.3 is 0 Å². The molecular weight excluding hydrogens is 679 g/mol. The van der Waals surface area contributed by atoms with E-state index >= 15 is 0 Å². The van der Waals surface area contributed by atoms with Gasteiger partial charge in [-0.15, -0.1) is 0 Å². The second kappa shape index (κ2) is 12.4. The predicted octanol–water partition coefficient (Wildman–Crippen LogP) is 15.1. The summed E-state index contributed by atoms with van der Waals surface area (Å²) >= 11 is 0. The average Bonchev–Trinajstić information content (AvgIpc) is 3.80. The normalized spacial score (nSPS) is 14.8. The van der Waals surface area contributed by atoms with E-state index in [1.54, 1.807) is 0 Å². The Labute approximate surface area is 329 Å². The largest absolute Gasteiger partial charge is 0.455 e. The number of para-hydroxylation sites is 2. The van der Waals surface area contributed by atoms with Crippen molar-refractivity contribution in [2.45, 2.75) is 38.5 Å². The zero-order valence-corrected chi connectivity index (χ0v) is 32.4. The fraction of sp³-hybridized carbons (Fsp3) is 0.111. The summed E-state index contributed by atoms with van der Waals surface area (Å²) in [7, 11) is 0. The molecule has 2 nitrogen and oxygen atoms in total. The van der Waals surface area contributed by atoms with Crippen molar-refractivity contribution in [2.24, 2.45) is 0 Å². The fourth-order valence-corrected chi connectivity index (χ4v) is 9.58. The van der Waals surface area contributed by atoms with E-state index in [-0.39, 0.29) is 10.8 Å². The Morgan fingerprint density at radius 1 is 0.500 bits per heavy atom. The molecule has 270 valence electrons. The van der Waals surface area contributed by atoms with Crippen LogP contribution in [0.2, 0.25) is 0 Å². The highest BCUT2D eigenvalue weighted by atomic mass is 16.3. The first-order chi connectivity index (χ1) is 27.2. The molecule has 0 N–H and O–H groups in total. The van der Waals surface area contributed by atoms with Gasteiger partial charge in [0.05, 0.1) is 5.69 Å². The smallest absolute Gasteiger partial charge is 0.143 e. The monoisotopic (exact) mass is 721 g/mol. The number of hydrogen-bond acceptors (Lipinski definition) is 2. The van der Waals surface area contributed by atoms with E-state index in [1.165, 1.54) is 55.7 Å². The van der Waals surface area contributed by atoms with Crippen molar-refractivity contribution in [3.63, 3.8) is 0 Å². The number of anilines is 3. The second-order valence-corrected chi connectivity index (χ2v) is 16.2. The molecule has 2 aliphatic carbocycles. The van der Waals surface area contributed by atoms with Crippen LogP contribution in [0, 0.1) is 0 Å². The van der Waals surface area contributed by atoms with Crippen LogP contribution in [0.25, 0.3) is 60.9 Å². The van der Waals surface area contributed by atoms with Crippen molar-refractivity contribution >= 4 is 44.6 Å². The molecule has 0 unspecified atom stereocenters. The Kier molecular flexibility index (Phi) is 7.53. The highest BCUT2D eigenvalue weighted by molar-refractivity contribution is 6.09. The Morgan fingerprint density at radius 2 is 1.11 bits per heavy atom. The van der Waals surface area contributed by atoms with Crippen LogP contribution >= 0.6 is 0 Å². The molecule has 2 aliphatic rings. The zero-order chi connectivity index (χ0) is 38.3. The summed E-state index contributed by atoms with van der Waals surface area (Å²) in [5.74, 6) is 0. The van der Waals surface area contributed by atoms with E-state index in [4.69, 9.17) is 4.42 Å². The Bertz CT molecular complexity index is 2920. The lowest BCUT2D eigenvalue weighted by atomic mass is 9.78. The van der Waals surface area contributed by atoms with Crippen molar-refractivity contribution in [3.05, 3.63) is 205 Å². The van der Waals surface area contributed by atoms with Crippen LogP contribution in [0.5, 0.6) is 0 Å². The Hall–Kier alpha value is -6.64. The molecule has 0 bridgehead atoms. The zero-order valence-electron chi connectivity index (χ0n) is 32.4. The number of nitrogens with zero attached hydrogens (tertiary/aromatic N) is 1. The maximum atomic E-state index is 6.45. The highest BCUT2D eigenvalue weighted by Gasteiger charge is 2.43. The van der Waals surface area contributed by atoms with Gasteiger partial charge in [-0.25, -0.2) is 0 Å². The molecule has 7 aromatic carbocycles. The van der Waals surface area contributed by atoms with Crippen LogP contribution in [0.1, 0.15) is 49.9 Å². The number of fused-ring (bicyclic) bond motifs is 7. The number of furan rings is 1. The number of allylic oxidation sites excluding steroid dienone is 4. The molecular formula is C54H43NO. The van der Waals surface area contributed by atoms with Crippen LogP contribution < -0.4 is 4.90 Å². The lowest BCUT2D eigenvalue weighted by Gasteiger charge is -2.29. The number of benzene rings is 7. The Balaban J connectivity index is 1.16. The van der Waals surface area contributed by atoms with Gasteiger partial charge in [0.25, 0.3) is 0 Å². The van der Waals surface area contributed by atoms with Crippen molar-refractivity contribution in [1.29, 1.82) is 0 Å². The minimum Gasteiger partial charge on any atom is -0.455 e. The fourth-order valence-electron chi connectivity index (χ4n) is 9.58. The van der Waals surface area contributed by atoms with E-state index in [0.717, 1.165) is 50.1 Å². The maximum absolute atomic E-state index is 6.45. The summed E-state index contributed by atoms with van der Waals surface area (Å²) in [4.78, 5) is 2.44. The minimum absolute atomic E-state index is 0.192. The summed E-state index contributed by atoms with van der Waals surface area (Å²) in [6, 6.07) is 55.0. The summed E-state index contributed by atoms with van der Waals surface area (Å²) in [5, 5.41) is 2.27. The molecule has 1 aromatic heterocycles. The summed E-state index contributed by atoms with van der Waals surface area (Å²) in [6.45, 7) is 17.8. The molecule has 1 heterocycles. The first kappa shape index (κ1) is 33.9. The first-order valence-corrected chi connectivity index (χ1v) is 19.5. The molecule has 56 heavy (non-hydrogen) atoms. The third-order valence-electron chi connectivity index (χ3n) is 12.5. The highest BCUT2D eigenvalue weighted by Crippen LogP contribution is 2.58. The van der Waals surface area contributed by atoms with Gasteiger partial charge < -0.3 is 9.32 Å². The minimum atomic E-state index is -0.207. The van der Waals surface area contributed by atoms with Gasteiger partial charge in [-0.1, -0.05) is 156 Å². The lowest BCUT2D eigenvalue weighted by Crippen LogP contribution is -2.18. The van der Waals surface area contributed by atoms with Crippen molar-refractivity contribution < 1.29 is 4.42 Å². The molecule has 0 saturated heterocycles. The van der Waals surface area contributed by atoms with Gasteiger partial charge in [-0.05, 0) is 104 Å². The molecule has 0 aliphatic heterocycles. The number of rotatable bonds is 7. The van der Waals surface area contributed by atoms with Crippen molar-refractivity contribution in [3.8, 4) is 33.4 Å². The molecule has 2 heteroatoms. The Morgan fingerprint density at radius 3 is 1.82 bits per heavy atom. The summed E-state index contributed by atoms with van der Waals surface area (Å²) < 4.78 is 6.45. The molecule has 0 spiro atoms. The van der Waals surface area contributed by atoms with Gasteiger partial charge in [0.1, 0.15) is 11.2 Å². The quantitative estimate of drug-likeness (QED) is 0.163. The molecule has 10 rings (SSSR count). The van der Waals surface area contributed by atoms with Crippen LogP contribution in [-0.4, -0.2) is 0 Å². The molecule has 0 radical (unpaired) electrons. The third-order valence-corrected chi connectivity index (χ3v) is 12.5. The standard InChI is InChI=1S/C54H43NO/c1-7-39-43-32-48-44(33-47(43)53(3,4)45(39)8-2)51-46(54(48,5)6)21-15-22-49(51)55(37-28-24-35(25-29-37)34-16-10-9-11-17-34)38-30-26-36(27-31-38)40-19-14-20-42-41-18-12-13-23-50(41)56-52(40)42/h7-33H,1-2H2,3-6H3. The topological polar surface area (TPSA) is 16.4 Å². The van der Waals surface area contributed by atoms with Gasteiger partial charge in [0.15, 0.2) is 0 Å². The van der Waals surface area contributed by atoms with E-state index in [9.17, 15) is 0 Å². The number of hydrogen-bond donors (Lipinski definition) is 0. The molecule has 0 atom stereocenters. The maximum Gasteiger partial charge on any atom is 0.143 e. The average molecular weight is 722 g/mol. The van der Waals surface area contributed by atoms with Crippen LogP contribution in [0.15, 0.2) is 187 Å². The van der Waals surface area contributed by atoms with Crippen molar-refractivity contribution in [2.75, 3.05) is 4.90 Å². The van der Waals surface area contributed by atoms with Gasteiger partial charge in [-0.2, -0.15) is 0 Å². The SMILES string of the molecule is C=CC1=C(C=C)C(C)(C)c2cc3c(cc21)C(C)(C)c1cccc(N(c2ccc(-c4ccccc4)cc2)c2ccc(-c4cccc5c4oc4ccccc45)cc2)c1-3. The van der Waals surface area contributed by atoms with Crippen LogP contribution in [-0.2, 0) is 10.8 Å². The first-order valence-electron chi connectivity index (χ1n) is 19.5. The van der Waals surface area contributed by atoms with E-state index in [1.807, 2.05) is 24.3 Å². The van der Waals surface area contributed by atoms with E-state index in [0.29, 0.717) is 0 Å². The van der Waals surface area contributed by atoms with Crippen molar-refractivity contribution in [1.82, 2.24) is 0 Å². The molecule has 0 amide bonds. The summed E-state index contributed by atoms with van der Waals surface area (Å²) in [5.41, 5.74) is 19.6. The second-order valence-electron chi connectivity index (χ2n) is 16.2. The van der Waals surface area contributed by atoms with Gasteiger partial charge in [0.2, 0.25) is 0 Å². The van der Waals surface area contributed by atoms with Gasteiger partial charge in [-0.3, -0.25) is 0 Å². The molecule has 0 saturated carbocycles. The van der Waals surface area contributed by atoms with Crippen LogP contribution in [0.4, 0.5) is 17.1 Å². The summed E-state index contributed by atoms with van der Waals surface area (Å²) in [6.07, 6.45) is 4.03. The third kappa shape index (κ3) is 4.88. The van der Waals surface area contributed by atoms with E-state index in [2.05, 4.69) is 185 Å². The molecule has 8 aromatic rings. The van der Waals surface area contributed by atoms with Crippen LogP contribution in [0.3, 0.4) is 0 Å². The van der Waals surface area contributed by atoms with E-state index < -0.39 is 0 Å². The van der Waals surface area contributed by atoms with Gasteiger partial charge in [0, 0.05) is 44.1 Å². The molecule has 0 fully saturated rings.